The van der Waals surface area contributed by atoms with Gasteiger partial charge in [-0.2, -0.15) is 0 Å². The summed E-state index contributed by atoms with van der Waals surface area (Å²) in [5.41, 5.74) is 0.520. The lowest BCUT2D eigenvalue weighted by Crippen LogP contribution is -2.50. The average Bonchev–Trinajstić information content (AvgIpc) is 3.13. The molecule has 1 fully saturated rings. The first kappa shape index (κ1) is 16.9. The molecule has 0 bridgehead atoms. The molecule has 1 aliphatic heterocycles. The Hall–Kier alpha value is -2.58. The molecule has 1 aliphatic rings. The fourth-order valence-corrected chi connectivity index (χ4v) is 3.98. The van der Waals surface area contributed by atoms with Crippen LogP contribution in [0.15, 0.2) is 46.8 Å². The van der Waals surface area contributed by atoms with Crippen molar-refractivity contribution in [1.29, 1.82) is 0 Å². The van der Waals surface area contributed by atoms with E-state index in [2.05, 4.69) is 10.3 Å². The number of fused-ring (bicyclic) bond motifs is 1. The third kappa shape index (κ3) is 3.13. The second kappa shape index (κ2) is 6.97. The molecular weight excluding hydrogens is 355 g/mol. The molecule has 0 radical (unpaired) electrons. The summed E-state index contributed by atoms with van der Waals surface area (Å²) in [6.45, 7) is 1.63. The first-order valence-corrected chi connectivity index (χ1v) is 9.20. The Morgan fingerprint density at radius 1 is 1.38 bits per heavy atom. The molecule has 0 aliphatic carbocycles. The van der Waals surface area contributed by atoms with Crippen LogP contribution in [-0.2, 0) is 11.3 Å². The molecule has 26 heavy (non-hydrogen) atoms. The number of carbonyl (C=O) groups excluding carboxylic acids is 1. The van der Waals surface area contributed by atoms with Gasteiger partial charge in [-0.05, 0) is 29.1 Å². The van der Waals surface area contributed by atoms with Crippen molar-refractivity contribution in [2.75, 3.05) is 19.6 Å². The minimum Gasteiger partial charge on any atom is -0.332 e. The lowest BCUT2D eigenvalue weighted by molar-refractivity contribution is -0.135. The SMILES string of the molecule is O=C(Cn1cnc2sccc2c1=O)N1CCNCC1c1cccc(F)c1. The van der Waals surface area contributed by atoms with Crippen molar-refractivity contribution in [2.24, 2.45) is 0 Å². The largest absolute Gasteiger partial charge is 0.332 e. The minimum atomic E-state index is -0.330. The number of hydrogen-bond acceptors (Lipinski definition) is 5. The van der Waals surface area contributed by atoms with Crippen LogP contribution in [-0.4, -0.2) is 40.0 Å². The standard InChI is InChI=1S/C18H17FN4O2S/c19-13-3-1-2-12(8-13)15-9-20-5-6-23(15)16(24)10-22-11-21-17-14(18(22)25)4-7-26-17/h1-4,7-8,11,15,20H,5-6,9-10H2. The van der Waals surface area contributed by atoms with E-state index in [1.54, 1.807) is 17.0 Å². The Bertz CT molecular complexity index is 1020. The highest BCUT2D eigenvalue weighted by Crippen LogP contribution is 2.23. The van der Waals surface area contributed by atoms with Crippen molar-refractivity contribution >= 4 is 27.5 Å². The lowest BCUT2D eigenvalue weighted by Gasteiger charge is -2.36. The number of nitrogens with zero attached hydrogens (tertiary/aromatic N) is 3. The number of piperazine rings is 1. The molecule has 0 spiro atoms. The Kier molecular flexibility index (Phi) is 4.52. The topological polar surface area (TPSA) is 67.2 Å². The first-order valence-electron chi connectivity index (χ1n) is 8.32. The van der Waals surface area contributed by atoms with E-state index >= 15 is 0 Å². The van der Waals surface area contributed by atoms with Crippen molar-refractivity contribution < 1.29 is 9.18 Å². The summed E-state index contributed by atoms with van der Waals surface area (Å²) in [5, 5.41) is 5.57. The van der Waals surface area contributed by atoms with Crippen LogP contribution in [0.1, 0.15) is 11.6 Å². The van der Waals surface area contributed by atoms with Gasteiger partial charge >= 0.3 is 0 Å². The summed E-state index contributed by atoms with van der Waals surface area (Å²) in [6.07, 6.45) is 1.42. The summed E-state index contributed by atoms with van der Waals surface area (Å²) in [4.78, 5) is 32.0. The number of thiophene rings is 1. The van der Waals surface area contributed by atoms with E-state index in [-0.39, 0.29) is 29.9 Å². The van der Waals surface area contributed by atoms with Gasteiger partial charge in [0.15, 0.2) is 0 Å². The summed E-state index contributed by atoms with van der Waals surface area (Å²) in [7, 11) is 0. The number of benzene rings is 1. The first-order chi connectivity index (χ1) is 12.6. The number of hydrogen-bond donors (Lipinski definition) is 1. The highest BCUT2D eigenvalue weighted by atomic mass is 32.1. The van der Waals surface area contributed by atoms with E-state index in [9.17, 15) is 14.0 Å². The predicted molar refractivity (Wildman–Crippen MR) is 97.6 cm³/mol. The van der Waals surface area contributed by atoms with Gasteiger partial charge in [0.25, 0.3) is 5.56 Å². The van der Waals surface area contributed by atoms with Crippen LogP contribution >= 0.6 is 11.3 Å². The summed E-state index contributed by atoms with van der Waals surface area (Å²) >= 11 is 1.39. The monoisotopic (exact) mass is 372 g/mol. The third-order valence-corrected chi connectivity index (χ3v) is 5.37. The Morgan fingerprint density at radius 2 is 2.27 bits per heavy atom. The molecule has 6 nitrogen and oxygen atoms in total. The molecule has 8 heteroatoms. The van der Waals surface area contributed by atoms with Gasteiger partial charge in [0.05, 0.1) is 17.8 Å². The van der Waals surface area contributed by atoms with E-state index in [1.807, 2.05) is 11.4 Å². The number of carbonyl (C=O) groups is 1. The van der Waals surface area contributed by atoms with Crippen molar-refractivity contribution in [3.05, 3.63) is 63.8 Å². The van der Waals surface area contributed by atoms with Crippen LogP contribution in [0.4, 0.5) is 4.39 Å². The summed E-state index contributed by atoms with van der Waals surface area (Å²) in [5.74, 6) is -0.511. The number of halogens is 1. The highest BCUT2D eigenvalue weighted by molar-refractivity contribution is 7.16. The molecule has 134 valence electrons. The van der Waals surface area contributed by atoms with Crippen molar-refractivity contribution in [3.63, 3.8) is 0 Å². The van der Waals surface area contributed by atoms with Crippen molar-refractivity contribution in [3.8, 4) is 0 Å². The zero-order valence-electron chi connectivity index (χ0n) is 13.9. The van der Waals surface area contributed by atoms with Gasteiger partial charge in [0, 0.05) is 19.6 Å². The Balaban J connectivity index is 1.60. The Labute approximate surface area is 152 Å². The van der Waals surface area contributed by atoms with Gasteiger partial charge in [-0.3, -0.25) is 14.2 Å². The number of nitrogens with one attached hydrogen (secondary N) is 1. The number of rotatable bonds is 3. The highest BCUT2D eigenvalue weighted by Gasteiger charge is 2.28. The second-order valence-corrected chi connectivity index (χ2v) is 7.07. The van der Waals surface area contributed by atoms with E-state index in [4.69, 9.17) is 0 Å². The van der Waals surface area contributed by atoms with Gasteiger partial charge in [-0.25, -0.2) is 9.37 Å². The molecule has 0 saturated carbocycles. The average molecular weight is 372 g/mol. The summed E-state index contributed by atoms with van der Waals surface area (Å²) in [6, 6.07) is 7.74. The van der Waals surface area contributed by atoms with Gasteiger partial charge in [0.2, 0.25) is 5.91 Å². The maximum Gasteiger partial charge on any atom is 0.262 e. The van der Waals surface area contributed by atoms with Crippen LogP contribution < -0.4 is 10.9 Å². The van der Waals surface area contributed by atoms with Crippen LogP contribution in [0.2, 0.25) is 0 Å². The molecule has 1 aromatic carbocycles. The fraction of sp³-hybridized carbons (Fsp3) is 0.278. The predicted octanol–water partition coefficient (Wildman–Crippen LogP) is 1.77. The van der Waals surface area contributed by atoms with Crippen LogP contribution in [0.5, 0.6) is 0 Å². The zero-order chi connectivity index (χ0) is 18.1. The zero-order valence-corrected chi connectivity index (χ0v) is 14.7. The molecule has 1 saturated heterocycles. The molecule has 1 atom stereocenters. The fourth-order valence-electron chi connectivity index (χ4n) is 3.26. The van der Waals surface area contributed by atoms with E-state index < -0.39 is 0 Å². The number of aromatic nitrogens is 2. The molecule has 3 heterocycles. The van der Waals surface area contributed by atoms with Gasteiger partial charge in [0.1, 0.15) is 17.2 Å². The second-order valence-electron chi connectivity index (χ2n) is 6.18. The molecule has 1 N–H and O–H groups in total. The smallest absolute Gasteiger partial charge is 0.262 e. The third-order valence-electron chi connectivity index (χ3n) is 4.55. The van der Waals surface area contributed by atoms with E-state index in [0.29, 0.717) is 29.9 Å². The van der Waals surface area contributed by atoms with Crippen molar-refractivity contribution in [1.82, 2.24) is 19.8 Å². The van der Waals surface area contributed by atoms with Crippen molar-refractivity contribution in [2.45, 2.75) is 12.6 Å². The van der Waals surface area contributed by atoms with E-state index in [0.717, 1.165) is 5.56 Å². The Morgan fingerprint density at radius 3 is 3.12 bits per heavy atom. The quantitative estimate of drug-likeness (QED) is 0.761. The lowest BCUT2D eigenvalue weighted by atomic mass is 10.0. The molecule has 3 aromatic rings. The molecule has 1 amide bonds. The van der Waals surface area contributed by atoms with Gasteiger partial charge in [-0.1, -0.05) is 12.1 Å². The maximum atomic E-state index is 13.6. The molecule has 1 unspecified atom stereocenters. The van der Waals surface area contributed by atoms with Crippen LogP contribution in [0.3, 0.4) is 0 Å². The van der Waals surface area contributed by atoms with Crippen LogP contribution in [0.25, 0.3) is 10.2 Å². The summed E-state index contributed by atoms with van der Waals surface area (Å²) < 4.78 is 14.9. The maximum absolute atomic E-state index is 13.6. The normalized spacial score (nSPS) is 17.6. The van der Waals surface area contributed by atoms with Gasteiger partial charge < -0.3 is 10.2 Å². The number of amides is 1. The van der Waals surface area contributed by atoms with Crippen LogP contribution in [0, 0.1) is 5.82 Å². The molecule has 4 rings (SSSR count). The van der Waals surface area contributed by atoms with Gasteiger partial charge in [-0.15, -0.1) is 11.3 Å². The molecule has 2 aromatic heterocycles. The minimum absolute atomic E-state index is 0.0799. The van der Waals surface area contributed by atoms with E-state index in [1.165, 1.54) is 34.4 Å². The molecular formula is C18H17FN4O2S.